The van der Waals surface area contributed by atoms with Crippen LogP contribution in [0.2, 0.25) is 0 Å². The van der Waals surface area contributed by atoms with E-state index in [9.17, 15) is 18.0 Å². The molecule has 21 heavy (non-hydrogen) atoms. The number of anilines is 1. The first-order valence-corrected chi connectivity index (χ1v) is 8.68. The topological polar surface area (TPSA) is 104 Å². The number of amides is 2. The first kappa shape index (κ1) is 17.4. The van der Waals surface area contributed by atoms with E-state index >= 15 is 0 Å². The molecule has 1 rings (SSSR count). The summed E-state index contributed by atoms with van der Waals surface area (Å²) in [7, 11) is -1.70. The highest BCUT2D eigenvalue weighted by Crippen LogP contribution is 2.21. The van der Waals surface area contributed by atoms with Crippen LogP contribution in [0.3, 0.4) is 0 Å². The summed E-state index contributed by atoms with van der Waals surface area (Å²) in [6.07, 6.45) is 1.09. The number of halogens is 1. The zero-order valence-corrected chi connectivity index (χ0v) is 13.9. The van der Waals surface area contributed by atoms with Gasteiger partial charge >= 0.3 is 12.0 Å². The molecule has 2 amide bonds. The van der Waals surface area contributed by atoms with Gasteiger partial charge in [-0.2, -0.15) is 0 Å². The number of hydrogen-bond donors (Lipinski definition) is 2. The molecule has 0 saturated heterocycles. The van der Waals surface area contributed by atoms with Gasteiger partial charge in [0.1, 0.15) is 9.84 Å². The van der Waals surface area contributed by atoms with E-state index in [-0.39, 0.29) is 17.9 Å². The number of rotatable bonds is 5. The quantitative estimate of drug-likeness (QED) is 0.810. The number of urea groups is 1. The molecule has 0 unspecified atom stereocenters. The smallest absolute Gasteiger partial charge is 0.336 e. The minimum absolute atomic E-state index is 0.0200. The number of carbonyl (C=O) groups is 2. The normalized spacial score (nSPS) is 11.0. The number of sulfone groups is 1. The minimum Gasteiger partial charge on any atom is -0.478 e. The first-order chi connectivity index (χ1) is 9.60. The summed E-state index contributed by atoms with van der Waals surface area (Å²) in [5, 5.41) is 11.5. The van der Waals surface area contributed by atoms with Crippen molar-refractivity contribution in [1.29, 1.82) is 0 Å². The van der Waals surface area contributed by atoms with Crippen molar-refractivity contribution in [3.8, 4) is 0 Å². The molecule has 1 aromatic carbocycles. The molecule has 0 aromatic heterocycles. The van der Waals surface area contributed by atoms with Crippen molar-refractivity contribution in [2.75, 3.05) is 30.9 Å². The Balaban J connectivity index is 2.75. The van der Waals surface area contributed by atoms with Gasteiger partial charge in [0.2, 0.25) is 0 Å². The van der Waals surface area contributed by atoms with Gasteiger partial charge in [0.25, 0.3) is 0 Å². The number of hydrogen-bond acceptors (Lipinski definition) is 4. The van der Waals surface area contributed by atoms with Crippen molar-refractivity contribution in [2.24, 2.45) is 0 Å². The zero-order chi connectivity index (χ0) is 16.2. The van der Waals surface area contributed by atoms with Crippen LogP contribution in [0.4, 0.5) is 10.5 Å². The standard InChI is InChI=1S/C12H15BrN2O5S/c1-15(5-6-21(2,19)20)12(18)14-8-3-4-10(13)9(7-8)11(16)17/h3-4,7H,5-6H2,1-2H3,(H,14,18)(H,16,17). The third-order valence-electron chi connectivity index (χ3n) is 2.59. The Morgan fingerprint density at radius 3 is 2.52 bits per heavy atom. The lowest BCUT2D eigenvalue weighted by molar-refractivity contribution is 0.0696. The van der Waals surface area contributed by atoms with E-state index in [0.29, 0.717) is 10.2 Å². The van der Waals surface area contributed by atoms with Gasteiger partial charge in [0, 0.05) is 30.0 Å². The molecule has 2 N–H and O–H groups in total. The molecule has 0 radical (unpaired) electrons. The fourth-order valence-corrected chi connectivity index (χ4v) is 2.41. The second kappa shape index (κ2) is 6.90. The summed E-state index contributed by atoms with van der Waals surface area (Å²) in [5.41, 5.74) is 0.332. The number of nitrogens with zero attached hydrogens (tertiary/aromatic N) is 1. The Labute approximate surface area is 131 Å². The zero-order valence-electron chi connectivity index (χ0n) is 11.5. The van der Waals surface area contributed by atoms with E-state index in [1.807, 2.05) is 0 Å². The Hall–Kier alpha value is -1.61. The molecule has 1 aromatic rings. The van der Waals surface area contributed by atoms with Crippen LogP contribution in [0, 0.1) is 0 Å². The molecule has 9 heteroatoms. The highest BCUT2D eigenvalue weighted by atomic mass is 79.9. The van der Waals surface area contributed by atoms with Crippen molar-refractivity contribution in [3.63, 3.8) is 0 Å². The Morgan fingerprint density at radius 1 is 1.38 bits per heavy atom. The van der Waals surface area contributed by atoms with Gasteiger partial charge in [-0.25, -0.2) is 18.0 Å². The second-order valence-electron chi connectivity index (χ2n) is 4.48. The monoisotopic (exact) mass is 378 g/mol. The van der Waals surface area contributed by atoms with E-state index in [0.717, 1.165) is 6.26 Å². The van der Waals surface area contributed by atoms with Crippen LogP contribution < -0.4 is 5.32 Å². The molecule has 0 fully saturated rings. The van der Waals surface area contributed by atoms with Gasteiger partial charge in [-0.1, -0.05) is 0 Å². The van der Waals surface area contributed by atoms with Crippen LogP contribution in [0.15, 0.2) is 22.7 Å². The van der Waals surface area contributed by atoms with E-state index in [1.54, 1.807) is 6.07 Å². The van der Waals surface area contributed by atoms with Crippen LogP contribution in [-0.4, -0.2) is 56.0 Å². The van der Waals surface area contributed by atoms with Crippen molar-refractivity contribution >= 4 is 43.5 Å². The molecular formula is C12H15BrN2O5S. The van der Waals surface area contributed by atoms with Crippen LogP contribution >= 0.6 is 15.9 Å². The van der Waals surface area contributed by atoms with Crippen LogP contribution in [0.1, 0.15) is 10.4 Å². The largest absolute Gasteiger partial charge is 0.478 e. The third kappa shape index (κ3) is 5.72. The number of carbonyl (C=O) groups excluding carboxylic acids is 1. The van der Waals surface area contributed by atoms with Crippen LogP contribution in [0.25, 0.3) is 0 Å². The first-order valence-electron chi connectivity index (χ1n) is 5.83. The summed E-state index contributed by atoms with van der Waals surface area (Å²) in [4.78, 5) is 24.1. The predicted molar refractivity (Wildman–Crippen MR) is 82.5 cm³/mol. The second-order valence-corrected chi connectivity index (χ2v) is 7.60. The summed E-state index contributed by atoms with van der Waals surface area (Å²) in [6, 6.07) is 3.85. The summed E-state index contributed by atoms with van der Waals surface area (Å²) in [5.74, 6) is -1.26. The average molecular weight is 379 g/mol. The molecule has 0 aliphatic carbocycles. The van der Waals surface area contributed by atoms with Gasteiger partial charge in [0.05, 0.1) is 11.3 Å². The average Bonchev–Trinajstić information content (AvgIpc) is 2.36. The van der Waals surface area contributed by atoms with Crippen LogP contribution in [0.5, 0.6) is 0 Å². The molecule has 0 bridgehead atoms. The molecule has 0 saturated carbocycles. The lowest BCUT2D eigenvalue weighted by Gasteiger charge is -2.17. The van der Waals surface area contributed by atoms with Gasteiger partial charge in [-0.05, 0) is 34.1 Å². The Bertz CT molecular complexity index is 660. The molecule has 0 spiro atoms. The number of aromatic carboxylic acids is 1. The molecule has 7 nitrogen and oxygen atoms in total. The molecular weight excluding hydrogens is 364 g/mol. The van der Waals surface area contributed by atoms with Crippen molar-refractivity contribution in [1.82, 2.24) is 4.90 Å². The van der Waals surface area contributed by atoms with E-state index < -0.39 is 21.8 Å². The fraction of sp³-hybridized carbons (Fsp3) is 0.333. The molecule has 0 heterocycles. The number of carboxylic acids is 1. The molecule has 116 valence electrons. The highest BCUT2D eigenvalue weighted by molar-refractivity contribution is 9.10. The van der Waals surface area contributed by atoms with E-state index in [4.69, 9.17) is 5.11 Å². The van der Waals surface area contributed by atoms with Gasteiger partial charge in [-0.3, -0.25) is 0 Å². The maximum Gasteiger partial charge on any atom is 0.336 e. The van der Waals surface area contributed by atoms with E-state index in [1.165, 1.54) is 24.1 Å². The summed E-state index contributed by atoms with van der Waals surface area (Å²) in [6.45, 7) is 0.0486. The van der Waals surface area contributed by atoms with Crippen molar-refractivity contribution < 1.29 is 23.1 Å². The maximum absolute atomic E-state index is 11.9. The lowest BCUT2D eigenvalue weighted by atomic mass is 10.2. The minimum atomic E-state index is -3.15. The number of carboxylic acid groups (broad SMARTS) is 1. The number of benzene rings is 1. The maximum atomic E-state index is 11.9. The third-order valence-corrected chi connectivity index (χ3v) is 4.21. The van der Waals surface area contributed by atoms with Crippen molar-refractivity contribution in [2.45, 2.75) is 0 Å². The fourth-order valence-electron chi connectivity index (χ4n) is 1.39. The van der Waals surface area contributed by atoms with Crippen molar-refractivity contribution in [3.05, 3.63) is 28.2 Å². The van der Waals surface area contributed by atoms with Gasteiger partial charge in [-0.15, -0.1) is 0 Å². The summed E-state index contributed by atoms with van der Waals surface area (Å²) < 4.78 is 22.5. The van der Waals surface area contributed by atoms with Gasteiger partial charge in [0.15, 0.2) is 0 Å². The SMILES string of the molecule is CN(CCS(C)(=O)=O)C(=O)Nc1ccc(Br)c(C(=O)O)c1. The molecule has 0 atom stereocenters. The molecule has 0 aliphatic heterocycles. The van der Waals surface area contributed by atoms with Crippen LogP contribution in [-0.2, 0) is 9.84 Å². The predicted octanol–water partition coefficient (Wildman–Crippen LogP) is 1.66. The Kier molecular flexibility index (Phi) is 5.73. The van der Waals surface area contributed by atoms with E-state index in [2.05, 4.69) is 21.2 Å². The Morgan fingerprint density at radius 2 is 2.00 bits per heavy atom. The number of nitrogens with one attached hydrogen (secondary N) is 1. The summed E-state index contributed by atoms with van der Waals surface area (Å²) >= 11 is 3.10. The molecule has 0 aliphatic rings. The highest BCUT2D eigenvalue weighted by Gasteiger charge is 2.14. The van der Waals surface area contributed by atoms with Gasteiger partial charge < -0.3 is 15.3 Å². The lowest BCUT2D eigenvalue weighted by Crippen LogP contribution is -2.34.